The number of halogens is 1. The van der Waals surface area contributed by atoms with Crippen LogP contribution in [0.25, 0.3) is 0 Å². The van der Waals surface area contributed by atoms with Crippen molar-refractivity contribution in [1.82, 2.24) is 4.31 Å². The zero-order valence-electron chi connectivity index (χ0n) is 18.0. The summed E-state index contributed by atoms with van der Waals surface area (Å²) in [5, 5.41) is 2.57. The van der Waals surface area contributed by atoms with Crippen LogP contribution in [-0.2, 0) is 29.1 Å². The first-order valence-electron chi connectivity index (χ1n) is 10.5. The first-order chi connectivity index (χ1) is 16.3. The molecule has 0 unspecified atom stereocenters. The number of carbonyl (C=O) groups excluding carboxylic acids is 3. The second-order valence-corrected chi connectivity index (χ2v) is 11.2. The number of morpholine rings is 1. The summed E-state index contributed by atoms with van der Waals surface area (Å²) in [7, 11) is -3.68. The second kappa shape index (κ2) is 10.4. The minimum absolute atomic E-state index is 0.00309. The summed E-state index contributed by atoms with van der Waals surface area (Å²) in [5.41, 5.74) is 0.877. The van der Waals surface area contributed by atoms with E-state index in [4.69, 9.17) is 16.3 Å². The molecule has 2 aromatic carbocycles. The minimum atomic E-state index is -3.68. The first kappa shape index (κ1) is 24.7. The first-order valence-corrected chi connectivity index (χ1v) is 13.3. The summed E-state index contributed by atoms with van der Waals surface area (Å²) in [6.07, 6.45) is -0.0362. The number of amides is 3. The molecule has 12 heteroatoms. The maximum absolute atomic E-state index is 12.9. The molecule has 2 aromatic rings. The van der Waals surface area contributed by atoms with E-state index in [9.17, 15) is 22.8 Å². The third-order valence-electron chi connectivity index (χ3n) is 5.35. The Balaban J connectivity index is 1.37. The number of nitrogens with zero attached hydrogens (tertiary/aromatic N) is 2. The SMILES string of the molecule is O=C(CS[C@@H]1CC(=O)N(c2ccc(S(=O)(=O)N3CCOCC3)cc2)C1=O)Nc1ccc(Cl)cc1. The van der Waals surface area contributed by atoms with Crippen molar-refractivity contribution >= 4 is 62.5 Å². The van der Waals surface area contributed by atoms with Gasteiger partial charge in [0.15, 0.2) is 0 Å². The molecular weight excluding hydrogens is 502 g/mol. The van der Waals surface area contributed by atoms with Crippen LogP contribution in [0.4, 0.5) is 11.4 Å². The van der Waals surface area contributed by atoms with Gasteiger partial charge in [-0.15, -0.1) is 11.8 Å². The fourth-order valence-corrected chi connectivity index (χ4v) is 6.08. The Kier molecular flexibility index (Phi) is 7.58. The third-order valence-corrected chi connectivity index (χ3v) is 8.72. The van der Waals surface area contributed by atoms with Crippen molar-refractivity contribution in [2.75, 3.05) is 42.3 Å². The smallest absolute Gasteiger partial charge is 0.247 e. The van der Waals surface area contributed by atoms with Crippen molar-refractivity contribution in [3.8, 4) is 0 Å². The number of ether oxygens (including phenoxy) is 1. The van der Waals surface area contributed by atoms with E-state index in [1.165, 1.54) is 28.6 Å². The van der Waals surface area contributed by atoms with Crippen molar-refractivity contribution in [3.63, 3.8) is 0 Å². The molecule has 3 amide bonds. The van der Waals surface area contributed by atoms with Crippen LogP contribution < -0.4 is 10.2 Å². The number of thioether (sulfide) groups is 1. The van der Waals surface area contributed by atoms with Crippen molar-refractivity contribution in [1.29, 1.82) is 0 Å². The van der Waals surface area contributed by atoms with E-state index in [-0.39, 0.29) is 36.1 Å². The van der Waals surface area contributed by atoms with Crippen molar-refractivity contribution in [2.45, 2.75) is 16.6 Å². The van der Waals surface area contributed by atoms with E-state index in [1.54, 1.807) is 24.3 Å². The van der Waals surface area contributed by atoms with Crippen LogP contribution in [0.3, 0.4) is 0 Å². The predicted octanol–water partition coefficient (Wildman–Crippen LogP) is 2.36. The number of rotatable bonds is 7. The number of carbonyl (C=O) groups is 3. The Hall–Kier alpha value is -2.44. The molecule has 34 heavy (non-hydrogen) atoms. The van der Waals surface area contributed by atoms with E-state index in [0.29, 0.717) is 29.6 Å². The fraction of sp³-hybridized carbons (Fsp3) is 0.318. The van der Waals surface area contributed by atoms with Gasteiger partial charge in [-0.25, -0.2) is 13.3 Å². The molecule has 9 nitrogen and oxygen atoms in total. The lowest BCUT2D eigenvalue weighted by Crippen LogP contribution is -2.40. The van der Waals surface area contributed by atoms with Gasteiger partial charge in [0.05, 0.1) is 34.8 Å². The summed E-state index contributed by atoms with van der Waals surface area (Å²) < 4.78 is 32.1. The van der Waals surface area contributed by atoms with Crippen LogP contribution >= 0.6 is 23.4 Å². The monoisotopic (exact) mass is 523 g/mol. The van der Waals surface area contributed by atoms with Crippen LogP contribution in [-0.4, -0.2) is 67.8 Å². The standard InChI is InChI=1S/C22H22ClN3O6S2/c23-15-1-3-16(4-2-15)24-20(27)14-33-19-13-21(28)26(22(19)29)17-5-7-18(8-6-17)34(30,31)25-9-11-32-12-10-25/h1-8,19H,9-14H2,(H,24,27)/t19-/m1/s1. The number of hydrogen-bond acceptors (Lipinski definition) is 7. The molecule has 0 bridgehead atoms. The fourth-order valence-electron chi connectivity index (χ4n) is 3.62. The molecule has 180 valence electrons. The van der Waals surface area contributed by atoms with Crippen molar-refractivity contribution < 1.29 is 27.5 Å². The Labute approximate surface area is 206 Å². The average Bonchev–Trinajstić information content (AvgIpc) is 3.12. The van der Waals surface area contributed by atoms with Crippen molar-refractivity contribution in [2.24, 2.45) is 0 Å². The van der Waals surface area contributed by atoms with Gasteiger partial charge < -0.3 is 10.1 Å². The van der Waals surface area contributed by atoms with Gasteiger partial charge in [-0.3, -0.25) is 14.4 Å². The van der Waals surface area contributed by atoms with Gasteiger partial charge in [-0.1, -0.05) is 11.6 Å². The number of nitrogens with one attached hydrogen (secondary N) is 1. The van der Waals surface area contributed by atoms with E-state index >= 15 is 0 Å². The molecule has 2 aliphatic rings. The number of imide groups is 1. The summed E-state index contributed by atoms with van der Waals surface area (Å²) in [6.45, 7) is 1.23. The molecule has 1 N–H and O–H groups in total. The molecule has 2 aliphatic heterocycles. The molecule has 2 heterocycles. The summed E-state index contributed by atoms with van der Waals surface area (Å²) >= 11 is 6.91. The molecule has 0 radical (unpaired) electrons. The second-order valence-electron chi connectivity index (χ2n) is 7.64. The molecule has 0 aliphatic carbocycles. The molecule has 1 atom stereocenters. The number of anilines is 2. The van der Waals surface area contributed by atoms with Gasteiger partial charge in [0.1, 0.15) is 0 Å². The highest BCUT2D eigenvalue weighted by atomic mass is 35.5. The molecule has 0 aromatic heterocycles. The molecule has 0 spiro atoms. The zero-order chi connectivity index (χ0) is 24.3. The molecule has 2 saturated heterocycles. The van der Waals surface area contributed by atoms with Gasteiger partial charge in [-0.05, 0) is 48.5 Å². The number of sulfonamides is 1. The average molecular weight is 524 g/mol. The Morgan fingerprint density at radius 1 is 1.06 bits per heavy atom. The lowest BCUT2D eigenvalue weighted by atomic mass is 10.3. The summed E-state index contributed by atoms with van der Waals surface area (Å²) in [4.78, 5) is 38.7. The van der Waals surface area contributed by atoms with Gasteiger partial charge in [0.2, 0.25) is 27.7 Å². The van der Waals surface area contributed by atoms with E-state index in [2.05, 4.69) is 5.32 Å². The van der Waals surface area contributed by atoms with Crippen LogP contribution in [0, 0.1) is 0 Å². The van der Waals surface area contributed by atoms with E-state index < -0.39 is 27.1 Å². The number of benzene rings is 2. The maximum atomic E-state index is 12.9. The highest BCUT2D eigenvalue weighted by Gasteiger charge is 2.40. The van der Waals surface area contributed by atoms with Crippen LogP contribution in [0.1, 0.15) is 6.42 Å². The van der Waals surface area contributed by atoms with Gasteiger partial charge in [0, 0.05) is 30.2 Å². The Bertz CT molecular complexity index is 1180. The third kappa shape index (κ3) is 5.44. The zero-order valence-corrected chi connectivity index (χ0v) is 20.4. The quantitative estimate of drug-likeness (QED) is 0.554. The van der Waals surface area contributed by atoms with E-state index in [0.717, 1.165) is 16.7 Å². The van der Waals surface area contributed by atoms with Gasteiger partial charge in [-0.2, -0.15) is 4.31 Å². The molecule has 2 fully saturated rings. The highest BCUT2D eigenvalue weighted by Crippen LogP contribution is 2.31. The topological polar surface area (TPSA) is 113 Å². The highest BCUT2D eigenvalue weighted by molar-refractivity contribution is 8.01. The molecule has 4 rings (SSSR count). The Morgan fingerprint density at radius 2 is 1.71 bits per heavy atom. The molecule has 0 saturated carbocycles. The largest absolute Gasteiger partial charge is 0.379 e. The summed E-state index contributed by atoms with van der Waals surface area (Å²) in [6, 6.07) is 12.3. The normalized spacial score (nSPS) is 19.4. The van der Waals surface area contributed by atoms with Crippen LogP contribution in [0.15, 0.2) is 53.4 Å². The lowest BCUT2D eigenvalue weighted by molar-refractivity contribution is -0.121. The summed E-state index contributed by atoms with van der Waals surface area (Å²) in [5.74, 6) is -1.14. The maximum Gasteiger partial charge on any atom is 0.247 e. The van der Waals surface area contributed by atoms with Crippen LogP contribution in [0.5, 0.6) is 0 Å². The predicted molar refractivity (Wildman–Crippen MR) is 129 cm³/mol. The minimum Gasteiger partial charge on any atom is -0.379 e. The Morgan fingerprint density at radius 3 is 2.35 bits per heavy atom. The van der Waals surface area contributed by atoms with Crippen molar-refractivity contribution in [3.05, 3.63) is 53.6 Å². The number of hydrogen-bond donors (Lipinski definition) is 1. The van der Waals surface area contributed by atoms with Gasteiger partial charge in [0.25, 0.3) is 0 Å². The van der Waals surface area contributed by atoms with Crippen LogP contribution in [0.2, 0.25) is 5.02 Å². The lowest BCUT2D eigenvalue weighted by Gasteiger charge is -2.26. The van der Waals surface area contributed by atoms with E-state index in [1.807, 2.05) is 0 Å². The van der Waals surface area contributed by atoms with Gasteiger partial charge >= 0.3 is 0 Å². The molecular formula is C22H22ClN3O6S2.